The Kier molecular flexibility index (Phi) is 8.29. The molecule has 7 fully saturated rings. The number of hydrogen-bond donors (Lipinski definition) is 4. The summed E-state index contributed by atoms with van der Waals surface area (Å²) in [4.78, 5) is 21.9. The Morgan fingerprint density at radius 3 is 2.62 bits per heavy atom. The summed E-state index contributed by atoms with van der Waals surface area (Å²) in [5.74, 6) is 0.570. The number of imidazole rings is 1. The van der Waals surface area contributed by atoms with Crippen LogP contribution in [0.5, 0.6) is 0 Å². The van der Waals surface area contributed by atoms with Gasteiger partial charge in [-0.05, 0) is 111 Å². The van der Waals surface area contributed by atoms with E-state index in [-0.39, 0.29) is 51.8 Å². The average Bonchev–Trinajstić information content (AvgIpc) is 3.33. The van der Waals surface area contributed by atoms with E-state index in [2.05, 4.69) is 42.6 Å². The zero-order valence-corrected chi connectivity index (χ0v) is 31.3. The lowest BCUT2D eigenvalue weighted by atomic mass is 9.43. The van der Waals surface area contributed by atoms with Gasteiger partial charge in [0.25, 0.3) is 0 Å². The molecule has 5 saturated carbocycles. The maximum absolute atomic E-state index is 12.5. The molecule has 5 aliphatic carbocycles. The third-order valence-corrected chi connectivity index (χ3v) is 16.0. The lowest BCUT2D eigenvalue weighted by Gasteiger charge is -2.63. The van der Waals surface area contributed by atoms with Crippen LogP contribution >= 0.6 is 0 Å². The molecule has 0 amide bonds. The number of hydrogen-bond acceptors (Lipinski definition) is 10. The van der Waals surface area contributed by atoms with Crippen LogP contribution in [0.15, 0.2) is 12.5 Å². The summed E-state index contributed by atoms with van der Waals surface area (Å²) < 4.78 is 25.6. The number of morpholine rings is 1. The fourth-order valence-electron chi connectivity index (χ4n) is 13.9. The molecular weight excluding hydrogens is 636 g/mol. The van der Waals surface area contributed by atoms with Crippen molar-refractivity contribution in [3.05, 3.63) is 18.2 Å². The van der Waals surface area contributed by atoms with Gasteiger partial charge in [-0.2, -0.15) is 0 Å². The molecule has 11 nitrogen and oxygen atoms in total. The smallest absolute Gasteiger partial charge is 0.303 e. The molecule has 3 heterocycles. The molecule has 0 aromatic carbocycles. The number of carbonyl (C=O) groups excluding carboxylic acids is 1. The van der Waals surface area contributed by atoms with Crippen LogP contribution in [0, 0.1) is 45.3 Å². The number of nitrogens with one attached hydrogen (secondary N) is 1. The third kappa shape index (κ3) is 4.92. The highest BCUT2D eigenvalue weighted by Gasteiger charge is 2.85. The standard InChI is InChI=1S/C39H62N4O7/c1-22-16-25(33(35(5,6)46)48-23(2)44)49-31-30(22)36(7)12-13-38-20-37(38)11-10-28(34(3,4)26(37)8-9-27(38)39(36,40)32(31)45)50-29-19-43(14-15-47-29)18-24-17-41-21-42-24/h17,21-22,25-33,45-46H,8-16,18-20,40H2,1-7H3,(H,41,42)/t22-,25?,26+,27?,28+,29+,30+,31?,32+,33+,36?,37?,38?,39+/m1/s1. The fourth-order valence-corrected chi connectivity index (χ4v) is 13.9. The van der Waals surface area contributed by atoms with Gasteiger partial charge < -0.3 is 39.9 Å². The predicted octanol–water partition coefficient (Wildman–Crippen LogP) is 4.16. The van der Waals surface area contributed by atoms with Crippen LogP contribution < -0.4 is 5.73 Å². The number of esters is 1. The molecule has 11 heteroatoms. The molecule has 8 rings (SSSR count). The average molecular weight is 699 g/mol. The molecule has 0 radical (unpaired) electrons. The van der Waals surface area contributed by atoms with Crippen molar-refractivity contribution in [1.29, 1.82) is 0 Å². The molecule has 50 heavy (non-hydrogen) atoms. The van der Waals surface area contributed by atoms with Crippen LogP contribution in [-0.4, -0.2) is 98.7 Å². The Hall–Kier alpha value is -1.60. The van der Waals surface area contributed by atoms with Gasteiger partial charge in [0.05, 0.1) is 55.0 Å². The van der Waals surface area contributed by atoms with Crippen molar-refractivity contribution in [2.45, 2.75) is 154 Å². The van der Waals surface area contributed by atoms with E-state index in [1.165, 1.54) is 13.3 Å². The summed E-state index contributed by atoms with van der Waals surface area (Å²) >= 11 is 0. The van der Waals surface area contributed by atoms with Crippen molar-refractivity contribution in [3.63, 3.8) is 0 Å². The first kappa shape index (κ1) is 35.4. The second-order valence-corrected chi connectivity index (χ2v) is 19.1. The Balaban J connectivity index is 1.01. The molecule has 14 atom stereocenters. The maximum atomic E-state index is 12.5. The summed E-state index contributed by atoms with van der Waals surface area (Å²) in [5.41, 5.74) is 6.89. The van der Waals surface area contributed by atoms with Crippen LogP contribution in [0.1, 0.15) is 106 Å². The van der Waals surface area contributed by atoms with Crippen molar-refractivity contribution >= 4 is 5.97 Å². The molecule has 2 aliphatic heterocycles. The highest BCUT2D eigenvalue weighted by Crippen LogP contribution is 2.87. The highest BCUT2D eigenvalue weighted by molar-refractivity contribution is 5.66. The van der Waals surface area contributed by atoms with Crippen LogP contribution in [0.25, 0.3) is 0 Å². The van der Waals surface area contributed by atoms with Crippen molar-refractivity contribution < 1.29 is 34.0 Å². The van der Waals surface area contributed by atoms with Crippen LogP contribution in [0.3, 0.4) is 0 Å². The first-order chi connectivity index (χ1) is 23.5. The maximum Gasteiger partial charge on any atom is 0.303 e. The molecule has 6 unspecified atom stereocenters. The second kappa shape index (κ2) is 11.7. The quantitative estimate of drug-likeness (QED) is 0.306. The van der Waals surface area contributed by atoms with E-state index in [1.54, 1.807) is 20.2 Å². The summed E-state index contributed by atoms with van der Waals surface area (Å²) in [6, 6.07) is 0. The van der Waals surface area contributed by atoms with Crippen molar-refractivity contribution in [1.82, 2.24) is 14.9 Å². The minimum Gasteiger partial charge on any atom is -0.457 e. The van der Waals surface area contributed by atoms with Gasteiger partial charge in [-0.1, -0.05) is 27.7 Å². The summed E-state index contributed by atoms with van der Waals surface area (Å²) in [6.07, 6.45) is 9.04. The molecule has 2 spiro atoms. The third-order valence-electron chi connectivity index (χ3n) is 16.0. The number of H-pyrrole nitrogens is 1. The first-order valence-electron chi connectivity index (χ1n) is 19.5. The van der Waals surface area contributed by atoms with Crippen LogP contribution in [0.4, 0.5) is 0 Å². The monoisotopic (exact) mass is 698 g/mol. The van der Waals surface area contributed by atoms with E-state index in [9.17, 15) is 15.0 Å². The number of rotatable bonds is 7. The number of carbonyl (C=O) groups is 1. The summed E-state index contributed by atoms with van der Waals surface area (Å²) in [6.45, 7) is 17.2. The van der Waals surface area contributed by atoms with Gasteiger partial charge in [-0.25, -0.2) is 4.98 Å². The zero-order valence-electron chi connectivity index (χ0n) is 31.3. The van der Waals surface area contributed by atoms with Gasteiger partial charge in [0.15, 0.2) is 12.4 Å². The van der Waals surface area contributed by atoms with Crippen molar-refractivity contribution in [2.75, 3.05) is 19.7 Å². The van der Waals surface area contributed by atoms with Gasteiger partial charge in [0.2, 0.25) is 0 Å². The number of aromatic nitrogens is 2. The second-order valence-electron chi connectivity index (χ2n) is 19.1. The van der Waals surface area contributed by atoms with E-state index in [0.29, 0.717) is 18.9 Å². The van der Waals surface area contributed by atoms with Crippen molar-refractivity contribution in [2.24, 2.45) is 51.1 Å². The predicted molar refractivity (Wildman–Crippen MR) is 185 cm³/mol. The topological polar surface area (TPSA) is 152 Å². The number of aromatic amines is 1. The summed E-state index contributed by atoms with van der Waals surface area (Å²) in [5, 5.41) is 23.5. The molecule has 1 aromatic heterocycles. The van der Waals surface area contributed by atoms with Gasteiger partial charge in [0.1, 0.15) is 0 Å². The zero-order chi connectivity index (χ0) is 35.6. The molecular formula is C39H62N4O7. The van der Waals surface area contributed by atoms with E-state index < -0.39 is 41.5 Å². The minimum absolute atomic E-state index is 0.0137. The largest absolute Gasteiger partial charge is 0.457 e. The Morgan fingerprint density at radius 1 is 1.18 bits per heavy atom. The van der Waals surface area contributed by atoms with Gasteiger partial charge in [-0.15, -0.1) is 0 Å². The van der Waals surface area contributed by atoms with E-state index in [1.807, 2.05) is 6.20 Å². The molecule has 280 valence electrons. The van der Waals surface area contributed by atoms with E-state index in [0.717, 1.165) is 63.9 Å². The van der Waals surface area contributed by atoms with Gasteiger partial charge in [0, 0.05) is 31.9 Å². The Bertz CT molecular complexity index is 1450. The molecule has 2 saturated heterocycles. The number of aliphatic hydroxyl groups excluding tert-OH is 1. The van der Waals surface area contributed by atoms with Gasteiger partial charge in [-0.3, -0.25) is 9.69 Å². The SMILES string of the molecule is CC(=O)O[C@@H](C1C[C@@H](C)[C@H]2C(O1)[C@H](O)[C@@]1(N)C3CC[C@H]4C(C)(C)[C@@H](O[C@H]5CN(Cc6cnc[nH]6)CCO5)CCC45CC35CCC21C)C(C)(C)O. The number of nitrogens with zero attached hydrogens (tertiary/aromatic N) is 2. The fraction of sp³-hybridized carbons (Fsp3) is 0.897. The lowest BCUT2D eigenvalue weighted by Crippen LogP contribution is -2.70. The first-order valence-corrected chi connectivity index (χ1v) is 19.5. The Morgan fingerprint density at radius 2 is 1.92 bits per heavy atom. The molecule has 5 N–H and O–H groups in total. The Labute approximate surface area is 297 Å². The number of ether oxygens (including phenoxy) is 4. The van der Waals surface area contributed by atoms with E-state index >= 15 is 0 Å². The molecule has 0 bridgehead atoms. The van der Waals surface area contributed by atoms with Crippen LogP contribution in [-0.2, 0) is 30.3 Å². The summed E-state index contributed by atoms with van der Waals surface area (Å²) in [7, 11) is 0. The minimum atomic E-state index is -1.29. The van der Waals surface area contributed by atoms with E-state index in [4.69, 9.17) is 24.7 Å². The highest BCUT2D eigenvalue weighted by atomic mass is 16.7. The normalized spacial score (nSPS) is 48.7. The van der Waals surface area contributed by atoms with Gasteiger partial charge >= 0.3 is 5.97 Å². The molecule has 1 aromatic rings. The number of fused-ring (bicyclic) bond motifs is 4. The lowest BCUT2D eigenvalue weighted by molar-refractivity contribution is -0.247. The number of aliphatic hydroxyl groups is 2. The van der Waals surface area contributed by atoms with Crippen LogP contribution in [0.2, 0.25) is 0 Å². The molecule has 7 aliphatic rings. The van der Waals surface area contributed by atoms with Crippen molar-refractivity contribution in [3.8, 4) is 0 Å². The number of nitrogens with two attached hydrogens (primary N) is 1.